The molecule has 2 aromatic carbocycles. The van der Waals surface area contributed by atoms with Crippen LogP contribution >= 0.6 is 0 Å². The van der Waals surface area contributed by atoms with E-state index >= 15 is 0 Å². The maximum absolute atomic E-state index is 13.0. The van der Waals surface area contributed by atoms with E-state index in [1.165, 1.54) is 19.8 Å². The molecule has 6 nitrogen and oxygen atoms in total. The summed E-state index contributed by atoms with van der Waals surface area (Å²) in [6.07, 6.45) is 5.45. The van der Waals surface area contributed by atoms with Gasteiger partial charge in [-0.2, -0.15) is 0 Å². The van der Waals surface area contributed by atoms with E-state index < -0.39 is 11.0 Å². The van der Waals surface area contributed by atoms with Gasteiger partial charge >= 0.3 is 5.97 Å². The summed E-state index contributed by atoms with van der Waals surface area (Å²) in [7, 11) is 0. The minimum Gasteiger partial charge on any atom is -0.508 e. The number of carbonyl (C=O) groups is 2. The normalized spacial score (nSPS) is 29.1. The molecule has 1 aliphatic heterocycles. The summed E-state index contributed by atoms with van der Waals surface area (Å²) in [6.45, 7) is 4.14. The van der Waals surface area contributed by atoms with E-state index in [-0.39, 0.29) is 23.7 Å². The number of rotatable bonds is 6. The average molecular weight is 463 g/mol. The molecule has 0 aromatic heterocycles. The first-order chi connectivity index (χ1) is 16.4. The van der Waals surface area contributed by atoms with Crippen LogP contribution in [-0.2, 0) is 14.9 Å². The highest BCUT2D eigenvalue weighted by Crippen LogP contribution is 2.54. The summed E-state index contributed by atoms with van der Waals surface area (Å²) in [5.41, 5.74) is 0.460. The molecular weight excluding hydrogens is 428 g/mol. The SMILES string of the molecule is CC(=O)OC12CC[C@@H](NC(=O)c3ccccc3)CC1(c1cccc(O)c1)CCN(CC1CC1)C2. The van der Waals surface area contributed by atoms with Gasteiger partial charge in [-0.3, -0.25) is 14.5 Å². The zero-order valence-electron chi connectivity index (χ0n) is 19.8. The fourth-order valence-corrected chi connectivity index (χ4v) is 6.29. The fraction of sp³-hybridized carbons (Fsp3) is 0.500. The zero-order valence-corrected chi connectivity index (χ0v) is 19.8. The summed E-state index contributed by atoms with van der Waals surface area (Å²) in [4.78, 5) is 27.9. The molecule has 3 atom stereocenters. The highest BCUT2D eigenvalue weighted by atomic mass is 16.6. The molecule has 5 rings (SSSR count). The predicted octanol–water partition coefficient (Wildman–Crippen LogP) is 4.03. The van der Waals surface area contributed by atoms with E-state index in [0.717, 1.165) is 37.4 Å². The molecule has 2 N–H and O–H groups in total. The molecule has 0 bridgehead atoms. The van der Waals surface area contributed by atoms with E-state index in [4.69, 9.17) is 4.74 Å². The Morgan fingerprint density at radius 2 is 1.88 bits per heavy atom. The van der Waals surface area contributed by atoms with E-state index in [9.17, 15) is 14.7 Å². The van der Waals surface area contributed by atoms with Crippen molar-refractivity contribution in [2.45, 2.75) is 62.5 Å². The summed E-state index contributed by atoms with van der Waals surface area (Å²) in [5, 5.41) is 13.6. The van der Waals surface area contributed by atoms with Gasteiger partial charge in [-0.1, -0.05) is 30.3 Å². The van der Waals surface area contributed by atoms with Gasteiger partial charge in [0, 0.05) is 37.0 Å². The van der Waals surface area contributed by atoms with Crippen LogP contribution in [0.25, 0.3) is 0 Å². The number of aromatic hydroxyl groups is 1. The second kappa shape index (κ2) is 9.06. The van der Waals surface area contributed by atoms with Crippen LogP contribution in [0.1, 0.15) is 61.4 Å². The van der Waals surface area contributed by atoms with Gasteiger partial charge in [-0.15, -0.1) is 0 Å². The van der Waals surface area contributed by atoms with Gasteiger partial charge in [0.2, 0.25) is 0 Å². The Balaban J connectivity index is 1.49. The third kappa shape index (κ3) is 4.43. The maximum atomic E-state index is 13.0. The monoisotopic (exact) mass is 462 g/mol. The maximum Gasteiger partial charge on any atom is 0.303 e. The summed E-state index contributed by atoms with van der Waals surface area (Å²) < 4.78 is 6.28. The summed E-state index contributed by atoms with van der Waals surface area (Å²) >= 11 is 0. The van der Waals surface area contributed by atoms with Crippen LogP contribution < -0.4 is 5.32 Å². The van der Waals surface area contributed by atoms with Gasteiger partial charge < -0.3 is 15.2 Å². The first kappa shape index (κ1) is 22.9. The van der Waals surface area contributed by atoms with Crippen molar-refractivity contribution in [1.82, 2.24) is 10.2 Å². The number of nitrogens with one attached hydrogen (secondary N) is 1. The topological polar surface area (TPSA) is 78.9 Å². The molecule has 180 valence electrons. The van der Waals surface area contributed by atoms with Gasteiger partial charge in [0.05, 0.1) is 0 Å². The Labute approximate surface area is 201 Å². The smallest absolute Gasteiger partial charge is 0.303 e. The second-order valence-electron chi connectivity index (χ2n) is 10.4. The van der Waals surface area contributed by atoms with Crippen molar-refractivity contribution in [3.8, 4) is 5.75 Å². The van der Waals surface area contributed by atoms with E-state index in [1.54, 1.807) is 6.07 Å². The number of ether oxygens (including phenoxy) is 1. The van der Waals surface area contributed by atoms with Gasteiger partial charge in [0.25, 0.3) is 5.91 Å². The second-order valence-corrected chi connectivity index (χ2v) is 10.4. The predicted molar refractivity (Wildman–Crippen MR) is 130 cm³/mol. The molecule has 2 saturated carbocycles. The molecule has 0 spiro atoms. The van der Waals surface area contributed by atoms with Crippen molar-refractivity contribution in [2.24, 2.45) is 5.92 Å². The lowest BCUT2D eigenvalue weighted by Crippen LogP contribution is -2.68. The zero-order chi connectivity index (χ0) is 23.8. The molecule has 3 aliphatic rings. The van der Waals surface area contributed by atoms with Crippen LogP contribution in [0.3, 0.4) is 0 Å². The number of carbonyl (C=O) groups excluding carboxylic acids is 2. The Morgan fingerprint density at radius 1 is 1.09 bits per heavy atom. The number of amides is 1. The number of hydrogen-bond donors (Lipinski definition) is 2. The lowest BCUT2D eigenvalue weighted by Gasteiger charge is -2.59. The van der Waals surface area contributed by atoms with Crippen LogP contribution in [0.5, 0.6) is 5.75 Å². The third-order valence-electron chi connectivity index (χ3n) is 8.02. The van der Waals surface area contributed by atoms with Crippen molar-refractivity contribution in [2.75, 3.05) is 19.6 Å². The van der Waals surface area contributed by atoms with Gasteiger partial charge in [0.15, 0.2) is 0 Å². The number of benzene rings is 2. The van der Waals surface area contributed by atoms with Crippen molar-refractivity contribution in [1.29, 1.82) is 0 Å². The molecular formula is C28H34N2O4. The molecule has 3 fully saturated rings. The molecule has 0 radical (unpaired) electrons. The van der Waals surface area contributed by atoms with Crippen LogP contribution in [0, 0.1) is 5.92 Å². The van der Waals surface area contributed by atoms with Crippen molar-refractivity contribution in [3.05, 3.63) is 65.7 Å². The van der Waals surface area contributed by atoms with E-state index in [1.807, 2.05) is 48.5 Å². The minimum absolute atomic E-state index is 0.0475. The minimum atomic E-state index is -0.687. The molecule has 34 heavy (non-hydrogen) atoms. The Bertz CT molecular complexity index is 1050. The molecule has 2 aromatic rings. The van der Waals surface area contributed by atoms with Gasteiger partial charge in [-0.05, 0) is 80.8 Å². The van der Waals surface area contributed by atoms with Crippen LogP contribution in [0.15, 0.2) is 54.6 Å². The van der Waals surface area contributed by atoms with E-state index in [0.29, 0.717) is 24.9 Å². The Morgan fingerprint density at radius 3 is 2.59 bits per heavy atom. The number of esters is 1. The number of piperidine rings is 1. The fourth-order valence-electron chi connectivity index (χ4n) is 6.29. The molecule has 2 aliphatic carbocycles. The third-order valence-corrected chi connectivity index (χ3v) is 8.02. The van der Waals surface area contributed by atoms with Crippen molar-refractivity contribution >= 4 is 11.9 Å². The number of fused-ring (bicyclic) bond motifs is 1. The highest BCUT2D eigenvalue weighted by Gasteiger charge is 2.61. The molecule has 1 amide bonds. The molecule has 1 saturated heterocycles. The van der Waals surface area contributed by atoms with Gasteiger partial charge in [0.1, 0.15) is 11.4 Å². The number of hydrogen-bond acceptors (Lipinski definition) is 5. The lowest BCUT2D eigenvalue weighted by atomic mass is 9.55. The summed E-state index contributed by atoms with van der Waals surface area (Å²) in [6, 6.07) is 16.6. The number of likely N-dealkylation sites (tertiary alicyclic amines) is 1. The highest BCUT2D eigenvalue weighted by molar-refractivity contribution is 5.94. The lowest BCUT2D eigenvalue weighted by molar-refractivity contribution is -0.186. The Hall–Kier alpha value is -2.86. The largest absolute Gasteiger partial charge is 0.508 e. The first-order valence-corrected chi connectivity index (χ1v) is 12.5. The molecule has 1 heterocycles. The molecule has 6 heteroatoms. The van der Waals surface area contributed by atoms with Crippen molar-refractivity contribution < 1.29 is 19.4 Å². The standard InChI is InChI=1S/C28H34N2O4/c1-20(31)34-28-13-12-24(29-26(33)22-6-3-2-4-7-22)17-27(28,23-8-5-9-25(32)16-23)14-15-30(19-28)18-21-10-11-21/h2-9,16,21,24,32H,10-15,17-19H2,1H3,(H,29,33)/t24-,27?,28?/m1/s1. The average Bonchev–Trinajstić information content (AvgIpc) is 3.63. The summed E-state index contributed by atoms with van der Waals surface area (Å²) in [5.74, 6) is 0.607. The quantitative estimate of drug-likeness (QED) is 0.634. The number of nitrogens with zero attached hydrogens (tertiary/aromatic N) is 1. The van der Waals surface area contributed by atoms with Crippen LogP contribution in [-0.4, -0.2) is 53.2 Å². The first-order valence-electron chi connectivity index (χ1n) is 12.5. The van der Waals surface area contributed by atoms with Crippen molar-refractivity contribution in [3.63, 3.8) is 0 Å². The van der Waals surface area contributed by atoms with Gasteiger partial charge in [-0.25, -0.2) is 0 Å². The number of phenols is 1. The molecule has 2 unspecified atom stereocenters. The van der Waals surface area contributed by atoms with Crippen LogP contribution in [0.4, 0.5) is 0 Å². The Kier molecular flexibility index (Phi) is 6.11. The van der Waals surface area contributed by atoms with Crippen LogP contribution in [0.2, 0.25) is 0 Å². The van der Waals surface area contributed by atoms with E-state index in [2.05, 4.69) is 10.2 Å². The number of phenolic OH excluding ortho intramolecular Hbond substituents is 1.